The van der Waals surface area contributed by atoms with E-state index in [1.54, 1.807) is 7.11 Å². The van der Waals surface area contributed by atoms with Crippen LogP contribution in [0.1, 0.15) is 25.1 Å². The van der Waals surface area contributed by atoms with Crippen molar-refractivity contribution in [3.63, 3.8) is 0 Å². The number of benzene rings is 1. The number of rotatable bonds is 6. The molecule has 1 amide bonds. The molecule has 1 fully saturated rings. The Bertz CT molecular complexity index is 1000. The van der Waals surface area contributed by atoms with Crippen molar-refractivity contribution in [3.8, 4) is 16.9 Å². The van der Waals surface area contributed by atoms with Crippen molar-refractivity contribution in [2.75, 3.05) is 27.3 Å². The van der Waals surface area contributed by atoms with Crippen molar-refractivity contribution >= 4 is 5.91 Å². The van der Waals surface area contributed by atoms with Gasteiger partial charge in [-0.1, -0.05) is 19.1 Å². The third-order valence-corrected chi connectivity index (χ3v) is 6.55. The topological polar surface area (TPSA) is 83.8 Å². The number of ether oxygens (including phenoxy) is 1. The van der Waals surface area contributed by atoms with Gasteiger partial charge in [-0.15, -0.1) is 0 Å². The maximum Gasteiger partial charge on any atom is 0.258 e. The Kier molecular flexibility index (Phi) is 5.66. The van der Waals surface area contributed by atoms with Gasteiger partial charge in [0.2, 0.25) is 5.91 Å². The highest BCUT2D eigenvalue weighted by Gasteiger charge is 2.54. The monoisotopic (exact) mass is 411 g/mol. The summed E-state index contributed by atoms with van der Waals surface area (Å²) in [5.74, 6) is 0.465. The zero-order valence-electron chi connectivity index (χ0n) is 17.7. The van der Waals surface area contributed by atoms with Gasteiger partial charge in [-0.05, 0) is 43.3 Å². The Morgan fingerprint density at radius 1 is 1.30 bits per heavy atom. The van der Waals surface area contributed by atoms with Crippen LogP contribution in [0.2, 0.25) is 0 Å². The quantitative estimate of drug-likeness (QED) is 0.755. The van der Waals surface area contributed by atoms with Crippen molar-refractivity contribution in [1.82, 2.24) is 14.8 Å². The number of aromatic nitrogens is 1. The second kappa shape index (κ2) is 8.24. The number of nitrogens with zero attached hydrogens (tertiary/aromatic N) is 2. The summed E-state index contributed by atoms with van der Waals surface area (Å²) in [6.07, 6.45) is 0.865. The Hall–Kier alpha value is -2.64. The van der Waals surface area contributed by atoms with Crippen LogP contribution in [-0.2, 0) is 11.3 Å². The number of carbonyl (C=O) groups excluding carboxylic acids is 1. The Morgan fingerprint density at radius 3 is 2.80 bits per heavy atom. The summed E-state index contributed by atoms with van der Waals surface area (Å²) in [6.45, 7) is 3.06. The number of aliphatic hydroxyl groups is 1. The normalized spacial score (nSPS) is 25.1. The van der Waals surface area contributed by atoms with E-state index >= 15 is 0 Å². The van der Waals surface area contributed by atoms with Crippen LogP contribution in [0.15, 0.2) is 41.2 Å². The molecule has 160 valence electrons. The minimum atomic E-state index is -0.390. The molecule has 0 saturated carbocycles. The summed E-state index contributed by atoms with van der Waals surface area (Å²) in [5, 5.41) is 13.1. The number of aliphatic hydroxyl groups excluding tert-OH is 1. The van der Waals surface area contributed by atoms with Gasteiger partial charge in [0.25, 0.3) is 5.56 Å². The molecule has 0 aliphatic carbocycles. The number of likely N-dealkylation sites (N-methyl/N-ethyl adjacent to an activating group) is 1. The van der Waals surface area contributed by atoms with E-state index in [9.17, 15) is 14.7 Å². The highest BCUT2D eigenvalue weighted by atomic mass is 16.5. The molecule has 4 atom stereocenters. The zero-order chi connectivity index (χ0) is 21.4. The van der Waals surface area contributed by atoms with Crippen molar-refractivity contribution in [2.45, 2.75) is 32.0 Å². The molecule has 1 aromatic carbocycles. The Morgan fingerprint density at radius 2 is 2.10 bits per heavy atom. The van der Waals surface area contributed by atoms with Crippen molar-refractivity contribution in [1.29, 1.82) is 0 Å². The van der Waals surface area contributed by atoms with Crippen LogP contribution in [0, 0.1) is 11.8 Å². The predicted octanol–water partition coefficient (Wildman–Crippen LogP) is 1.64. The maximum atomic E-state index is 13.3. The minimum absolute atomic E-state index is 0.0191. The van der Waals surface area contributed by atoms with Gasteiger partial charge >= 0.3 is 0 Å². The molecule has 0 spiro atoms. The molecular formula is C23H29N3O4. The molecule has 3 heterocycles. The Labute approximate surface area is 176 Å². The van der Waals surface area contributed by atoms with Gasteiger partial charge in [-0.2, -0.15) is 0 Å². The number of carbonyl (C=O) groups is 1. The molecule has 2 aromatic rings. The first kappa shape index (κ1) is 20.6. The molecule has 7 nitrogen and oxygen atoms in total. The summed E-state index contributed by atoms with van der Waals surface area (Å²) in [7, 11) is 3.52. The van der Waals surface area contributed by atoms with Crippen molar-refractivity contribution in [2.24, 2.45) is 11.8 Å². The van der Waals surface area contributed by atoms with E-state index < -0.39 is 6.04 Å². The first-order valence-electron chi connectivity index (χ1n) is 10.5. The highest BCUT2D eigenvalue weighted by molar-refractivity contribution is 5.82. The fourth-order valence-electron chi connectivity index (χ4n) is 5.14. The number of nitrogens with one attached hydrogen (secondary N) is 1. The van der Waals surface area contributed by atoms with Crippen LogP contribution in [0.3, 0.4) is 0 Å². The van der Waals surface area contributed by atoms with E-state index in [4.69, 9.17) is 4.74 Å². The van der Waals surface area contributed by atoms with Crippen LogP contribution in [0.25, 0.3) is 11.1 Å². The van der Waals surface area contributed by atoms with Gasteiger partial charge in [-0.25, -0.2) is 0 Å². The molecule has 0 radical (unpaired) electrons. The van der Waals surface area contributed by atoms with Gasteiger partial charge in [0, 0.05) is 42.8 Å². The summed E-state index contributed by atoms with van der Waals surface area (Å²) in [5.41, 5.74) is 2.30. The van der Waals surface area contributed by atoms with Crippen molar-refractivity contribution in [3.05, 3.63) is 52.4 Å². The number of hydrogen-bond donors (Lipinski definition) is 2. The summed E-state index contributed by atoms with van der Waals surface area (Å²) in [4.78, 5) is 28.1. The molecule has 2 aliphatic rings. The minimum Gasteiger partial charge on any atom is -0.497 e. The molecular weight excluding hydrogens is 382 g/mol. The second-order valence-electron chi connectivity index (χ2n) is 8.18. The standard InChI is InChI=1S/C23H29N3O4/c1-4-10-24-22(28)21-18(13-27)17-12-26-19(20(17)25(21)2)9-8-16(23(26)29)14-6-5-7-15(11-14)30-3/h5-9,11,17-18,20-21,27H,4,10,12-13H2,1-3H3,(H,24,28)/t17-,18-,20+,21-/m0/s1. The number of pyridine rings is 1. The second-order valence-corrected chi connectivity index (χ2v) is 8.18. The van der Waals surface area contributed by atoms with Gasteiger partial charge in [0.15, 0.2) is 0 Å². The molecule has 4 rings (SSSR count). The van der Waals surface area contributed by atoms with E-state index in [0.29, 0.717) is 24.4 Å². The molecule has 0 unspecified atom stereocenters. The lowest BCUT2D eigenvalue weighted by Gasteiger charge is -2.27. The average molecular weight is 412 g/mol. The third kappa shape index (κ3) is 3.22. The van der Waals surface area contributed by atoms with Gasteiger partial charge in [-0.3, -0.25) is 14.5 Å². The zero-order valence-corrected chi connectivity index (χ0v) is 17.7. The number of hydrogen-bond acceptors (Lipinski definition) is 5. The lowest BCUT2D eigenvalue weighted by Crippen LogP contribution is -2.47. The largest absolute Gasteiger partial charge is 0.497 e. The lowest BCUT2D eigenvalue weighted by atomic mass is 9.88. The highest BCUT2D eigenvalue weighted by Crippen LogP contribution is 2.48. The fourth-order valence-corrected chi connectivity index (χ4v) is 5.14. The maximum absolute atomic E-state index is 13.3. The van der Waals surface area contributed by atoms with Gasteiger partial charge in [0.05, 0.1) is 19.2 Å². The average Bonchev–Trinajstić information content (AvgIpc) is 3.27. The smallest absolute Gasteiger partial charge is 0.258 e. The number of methoxy groups -OCH3 is 1. The number of fused-ring (bicyclic) bond motifs is 3. The van der Waals surface area contributed by atoms with Crippen LogP contribution in [-0.4, -0.2) is 53.8 Å². The van der Waals surface area contributed by atoms with Crippen LogP contribution >= 0.6 is 0 Å². The van der Waals surface area contributed by atoms with Crippen LogP contribution < -0.4 is 15.6 Å². The summed E-state index contributed by atoms with van der Waals surface area (Å²) < 4.78 is 7.10. The molecule has 30 heavy (non-hydrogen) atoms. The molecule has 2 aliphatic heterocycles. The summed E-state index contributed by atoms with van der Waals surface area (Å²) in [6, 6.07) is 10.9. The van der Waals surface area contributed by atoms with E-state index in [2.05, 4.69) is 5.32 Å². The van der Waals surface area contributed by atoms with Crippen LogP contribution in [0.4, 0.5) is 0 Å². The lowest BCUT2D eigenvalue weighted by molar-refractivity contribution is -0.127. The first-order chi connectivity index (χ1) is 14.5. The van der Waals surface area contributed by atoms with Gasteiger partial charge in [0.1, 0.15) is 5.75 Å². The number of likely N-dealkylation sites (tertiary alicyclic amines) is 1. The predicted molar refractivity (Wildman–Crippen MR) is 114 cm³/mol. The molecule has 1 saturated heterocycles. The van der Waals surface area contributed by atoms with Crippen molar-refractivity contribution < 1.29 is 14.6 Å². The van der Waals surface area contributed by atoms with E-state index in [-0.39, 0.29) is 36.0 Å². The van der Waals surface area contributed by atoms with Gasteiger partial charge < -0.3 is 19.7 Å². The molecule has 0 bridgehead atoms. The third-order valence-electron chi connectivity index (χ3n) is 6.55. The first-order valence-corrected chi connectivity index (χ1v) is 10.5. The summed E-state index contributed by atoms with van der Waals surface area (Å²) >= 11 is 0. The Balaban J connectivity index is 1.70. The SMILES string of the molecule is CCCNC(=O)[C@@H]1[C@@H](CO)[C@@H]2Cn3c(ccc(-c4cccc(OC)c4)c3=O)[C@@H]2N1C. The van der Waals surface area contributed by atoms with E-state index in [1.807, 2.05) is 59.8 Å². The van der Waals surface area contributed by atoms with E-state index in [0.717, 1.165) is 17.7 Å². The molecule has 7 heteroatoms. The van der Waals surface area contributed by atoms with E-state index in [1.165, 1.54) is 0 Å². The molecule has 2 N–H and O–H groups in total. The molecule has 1 aromatic heterocycles. The van der Waals surface area contributed by atoms with Crippen LogP contribution in [0.5, 0.6) is 5.75 Å². The number of amides is 1. The fraction of sp³-hybridized carbons (Fsp3) is 0.478.